The maximum Gasteiger partial charge on any atom is 0.573 e. The maximum atomic E-state index is 12.7. The highest BCUT2D eigenvalue weighted by atomic mass is 79.9. The van der Waals surface area contributed by atoms with Crippen molar-refractivity contribution in [3.63, 3.8) is 0 Å². The van der Waals surface area contributed by atoms with Gasteiger partial charge in [-0.05, 0) is 0 Å². The fraction of sp³-hybridized carbons (Fsp3) is 0.400. The van der Waals surface area contributed by atoms with E-state index in [0.717, 1.165) is 0 Å². The van der Waals surface area contributed by atoms with Crippen LogP contribution in [0.25, 0.3) is 0 Å². The second-order valence-corrected chi connectivity index (χ2v) is 4.00. The molecule has 0 aromatic carbocycles. The molecule has 1 aromatic heterocycles. The van der Waals surface area contributed by atoms with Crippen LogP contribution in [-0.2, 0) is 17.9 Å². The summed E-state index contributed by atoms with van der Waals surface area (Å²) in [4.78, 5) is 3.38. The molecule has 0 radical (unpaired) electrons. The van der Waals surface area contributed by atoms with Crippen molar-refractivity contribution in [3.8, 4) is 11.8 Å². The van der Waals surface area contributed by atoms with E-state index < -0.39 is 35.8 Å². The summed E-state index contributed by atoms with van der Waals surface area (Å²) in [5, 5.41) is 8.13. The molecule has 0 atom stereocenters. The van der Waals surface area contributed by atoms with Crippen LogP contribution in [0, 0.1) is 11.3 Å². The third-order valence-corrected chi connectivity index (χ3v) is 2.68. The quantitative estimate of drug-likeness (QED) is 0.603. The smallest absolute Gasteiger partial charge is 0.405 e. The van der Waals surface area contributed by atoms with Crippen LogP contribution in [0.15, 0.2) is 6.20 Å². The van der Waals surface area contributed by atoms with Gasteiger partial charge in [0.2, 0.25) is 0 Å². The maximum absolute atomic E-state index is 12.7. The average Bonchev–Trinajstić information content (AvgIpc) is 2.26. The fourth-order valence-electron chi connectivity index (χ4n) is 1.37. The minimum Gasteiger partial charge on any atom is -0.405 e. The molecule has 1 aromatic rings. The minimum atomic E-state index is -5.29. The van der Waals surface area contributed by atoms with E-state index in [9.17, 15) is 26.3 Å². The number of halogens is 7. The van der Waals surface area contributed by atoms with E-state index in [-0.39, 0.29) is 17.2 Å². The molecule has 1 heterocycles. The van der Waals surface area contributed by atoms with Crippen molar-refractivity contribution in [2.24, 2.45) is 0 Å². The van der Waals surface area contributed by atoms with Gasteiger partial charge in [0.1, 0.15) is 11.3 Å². The van der Waals surface area contributed by atoms with Crippen molar-refractivity contribution in [1.29, 1.82) is 5.26 Å². The summed E-state index contributed by atoms with van der Waals surface area (Å²) < 4.78 is 78.3. The Kier molecular flexibility index (Phi) is 4.86. The van der Waals surface area contributed by atoms with Gasteiger partial charge in [-0.2, -0.15) is 18.4 Å². The highest BCUT2D eigenvalue weighted by molar-refractivity contribution is 9.08. The first-order chi connectivity index (χ1) is 9.10. The van der Waals surface area contributed by atoms with Gasteiger partial charge in [0, 0.05) is 17.1 Å². The van der Waals surface area contributed by atoms with Crippen molar-refractivity contribution in [1.82, 2.24) is 4.98 Å². The zero-order chi connectivity index (χ0) is 15.6. The Labute approximate surface area is 117 Å². The number of hydrogen-bond acceptors (Lipinski definition) is 3. The summed E-state index contributed by atoms with van der Waals surface area (Å²) in [6.45, 7) is 0. The Morgan fingerprint density at radius 2 is 1.85 bits per heavy atom. The number of nitrogens with zero attached hydrogens (tertiary/aromatic N) is 2. The first kappa shape index (κ1) is 16.6. The molecule has 3 nitrogen and oxygen atoms in total. The van der Waals surface area contributed by atoms with Crippen LogP contribution in [-0.4, -0.2) is 11.3 Å². The van der Waals surface area contributed by atoms with E-state index in [4.69, 9.17) is 5.26 Å². The molecule has 0 fully saturated rings. The Hall–Kier alpha value is -1.50. The number of alkyl halides is 7. The molecule has 0 N–H and O–H groups in total. The van der Waals surface area contributed by atoms with Crippen molar-refractivity contribution >= 4 is 15.9 Å². The molecule has 10 heteroatoms. The zero-order valence-electron chi connectivity index (χ0n) is 9.44. The highest BCUT2D eigenvalue weighted by Crippen LogP contribution is 2.41. The standard InChI is InChI=1S/C10H5BrF6N2O/c11-3-5-7(1-2-18)19-4-6(9(12,13)14)8(5)20-10(15,16)17/h4H,1,3H2. The molecule has 0 amide bonds. The Morgan fingerprint density at radius 3 is 2.25 bits per heavy atom. The average molecular weight is 363 g/mol. The Balaban J connectivity index is 3.52. The molecular weight excluding hydrogens is 358 g/mol. The van der Waals surface area contributed by atoms with E-state index in [1.54, 1.807) is 6.07 Å². The molecule has 0 aliphatic carbocycles. The van der Waals surface area contributed by atoms with Crippen LogP contribution in [0.1, 0.15) is 16.8 Å². The number of rotatable bonds is 3. The van der Waals surface area contributed by atoms with E-state index >= 15 is 0 Å². The van der Waals surface area contributed by atoms with Gasteiger partial charge < -0.3 is 4.74 Å². The Bertz CT molecular complexity index is 534. The fourth-order valence-corrected chi connectivity index (χ4v) is 1.95. The number of pyridine rings is 1. The van der Waals surface area contributed by atoms with Crippen molar-refractivity contribution in [2.45, 2.75) is 24.3 Å². The summed E-state index contributed by atoms with van der Waals surface area (Å²) in [7, 11) is 0. The second kappa shape index (κ2) is 5.87. The first-order valence-electron chi connectivity index (χ1n) is 4.86. The number of ether oxygens (including phenoxy) is 1. The SMILES string of the molecule is N#CCc1ncc(C(F)(F)F)c(OC(F)(F)F)c1CBr. The van der Waals surface area contributed by atoms with Crippen LogP contribution in [0.4, 0.5) is 26.3 Å². The largest absolute Gasteiger partial charge is 0.573 e. The van der Waals surface area contributed by atoms with Gasteiger partial charge in [0.05, 0.1) is 18.2 Å². The number of nitriles is 1. The van der Waals surface area contributed by atoms with Crippen LogP contribution in [0.5, 0.6) is 5.75 Å². The van der Waals surface area contributed by atoms with Gasteiger partial charge in [-0.3, -0.25) is 4.98 Å². The van der Waals surface area contributed by atoms with Crippen molar-refractivity contribution < 1.29 is 31.1 Å². The minimum absolute atomic E-state index is 0.211. The topological polar surface area (TPSA) is 45.9 Å². The monoisotopic (exact) mass is 362 g/mol. The lowest BCUT2D eigenvalue weighted by Crippen LogP contribution is -2.22. The number of hydrogen-bond donors (Lipinski definition) is 0. The molecule has 0 aliphatic heterocycles. The van der Waals surface area contributed by atoms with E-state index in [0.29, 0.717) is 0 Å². The molecule has 0 spiro atoms. The van der Waals surface area contributed by atoms with Crippen LogP contribution in [0.2, 0.25) is 0 Å². The first-order valence-corrected chi connectivity index (χ1v) is 5.99. The normalized spacial score (nSPS) is 12.1. The number of aromatic nitrogens is 1. The molecule has 0 aliphatic rings. The molecular formula is C10H5BrF6N2O. The summed E-state index contributed by atoms with van der Waals surface area (Å²) in [6, 6.07) is 1.61. The van der Waals surface area contributed by atoms with Gasteiger partial charge in [0.25, 0.3) is 0 Å². The van der Waals surface area contributed by atoms with E-state index in [1.165, 1.54) is 0 Å². The van der Waals surface area contributed by atoms with Gasteiger partial charge >= 0.3 is 12.5 Å². The van der Waals surface area contributed by atoms with Crippen LogP contribution in [0.3, 0.4) is 0 Å². The second-order valence-electron chi connectivity index (χ2n) is 3.44. The van der Waals surface area contributed by atoms with Crippen LogP contribution < -0.4 is 4.74 Å². The molecule has 0 saturated heterocycles. The summed E-state index contributed by atoms with van der Waals surface area (Å²) >= 11 is 2.77. The lowest BCUT2D eigenvalue weighted by atomic mass is 10.1. The third-order valence-electron chi connectivity index (χ3n) is 2.12. The summed E-state index contributed by atoms with van der Waals surface area (Å²) in [5.74, 6) is -1.39. The molecule has 110 valence electrons. The molecule has 0 unspecified atom stereocenters. The molecule has 0 bridgehead atoms. The van der Waals surface area contributed by atoms with Gasteiger partial charge in [-0.25, -0.2) is 0 Å². The van der Waals surface area contributed by atoms with E-state index in [2.05, 4.69) is 25.7 Å². The van der Waals surface area contributed by atoms with Crippen LogP contribution >= 0.6 is 15.9 Å². The highest BCUT2D eigenvalue weighted by Gasteiger charge is 2.41. The Morgan fingerprint density at radius 1 is 1.25 bits per heavy atom. The molecule has 20 heavy (non-hydrogen) atoms. The summed E-state index contributed by atoms with van der Waals surface area (Å²) in [5.41, 5.74) is -2.32. The predicted octanol–water partition coefficient (Wildman–Crippen LogP) is 3.96. The zero-order valence-corrected chi connectivity index (χ0v) is 11.0. The van der Waals surface area contributed by atoms with Gasteiger partial charge in [-0.15, -0.1) is 13.2 Å². The third kappa shape index (κ3) is 4.00. The lowest BCUT2D eigenvalue weighted by molar-refractivity contribution is -0.276. The van der Waals surface area contributed by atoms with Crippen molar-refractivity contribution in [2.75, 3.05) is 0 Å². The summed E-state index contributed by atoms with van der Waals surface area (Å²) in [6.07, 6.45) is -10.6. The van der Waals surface area contributed by atoms with E-state index in [1.807, 2.05) is 0 Å². The predicted molar refractivity (Wildman–Crippen MR) is 57.9 cm³/mol. The van der Waals surface area contributed by atoms with Crippen molar-refractivity contribution in [3.05, 3.63) is 23.0 Å². The lowest BCUT2D eigenvalue weighted by Gasteiger charge is -2.19. The molecule has 0 saturated carbocycles. The molecule has 1 rings (SSSR count). The van der Waals surface area contributed by atoms with Gasteiger partial charge in [-0.1, -0.05) is 15.9 Å². The van der Waals surface area contributed by atoms with Gasteiger partial charge in [0.15, 0.2) is 0 Å².